The smallest absolute Gasteiger partial charge is 0.255 e. The minimum Gasteiger partial charge on any atom is -0.388 e. The topological polar surface area (TPSA) is 73.4 Å². The maximum absolute atomic E-state index is 12.1. The van der Waals surface area contributed by atoms with Crippen molar-refractivity contribution in [2.75, 3.05) is 13.1 Å². The lowest BCUT2D eigenvalue weighted by Gasteiger charge is -2.20. The summed E-state index contributed by atoms with van der Waals surface area (Å²) in [5.41, 5.74) is -0.629. The van der Waals surface area contributed by atoms with E-state index in [2.05, 4.69) is 4.98 Å². The first-order chi connectivity index (χ1) is 7.90. The molecule has 0 bridgehead atoms. The van der Waals surface area contributed by atoms with Crippen LogP contribution in [0.15, 0.2) is 23.1 Å². The first-order valence-electron chi connectivity index (χ1n) is 5.60. The summed E-state index contributed by atoms with van der Waals surface area (Å²) < 4.78 is 0. The predicted octanol–water partition coefficient (Wildman–Crippen LogP) is 0.218. The number of hydrogen-bond donors (Lipinski definition) is 2. The molecule has 0 unspecified atom stereocenters. The molecule has 2 heterocycles. The van der Waals surface area contributed by atoms with Crippen LogP contribution in [0, 0.1) is 5.92 Å². The highest BCUT2D eigenvalue weighted by Crippen LogP contribution is 2.27. The number of pyridine rings is 1. The first-order valence-corrected chi connectivity index (χ1v) is 5.60. The Labute approximate surface area is 99.1 Å². The van der Waals surface area contributed by atoms with Crippen LogP contribution < -0.4 is 5.56 Å². The van der Waals surface area contributed by atoms with Crippen molar-refractivity contribution >= 4 is 5.91 Å². The molecule has 1 fully saturated rings. The van der Waals surface area contributed by atoms with Gasteiger partial charge in [-0.25, -0.2) is 0 Å². The fraction of sp³-hybridized carbons (Fsp3) is 0.500. The lowest BCUT2D eigenvalue weighted by atomic mass is 9.95. The molecule has 5 nitrogen and oxygen atoms in total. The molecular weight excluding hydrogens is 220 g/mol. The largest absolute Gasteiger partial charge is 0.388 e. The molecule has 0 radical (unpaired) electrons. The molecule has 2 rings (SSSR count). The fourth-order valence-electron chi connectivity index (χ4n) is 2.01. The molecule has 0 aromatic carbocycles. The van der Waals surface area contributed by atoms with Gasteiger partial charge in [-0.3, -0.25) is 9.59 Å². The summed E-state index contributed by atoms with van der Waals surface area (Å²) in [6.07, 6.45) is 1.41. The van der Waals surface area contributed by atoms with E-state index in [-0.39, 0.29) is 17.4 Å². The number of H-pyrrole nitrogens is 1. The first kappa shape index (κ1) is 11.9. The Bertz CT molecular complexity index is 472. The Morgan fingerprint density at radius 1 is 1.59 bits per heavy atom. The SMILES string of the molecule is C[C@@H]1CN(C(=O)c2ccc(=O)[nH]c2)C[C@]1(C)O. The molecule has 1 aromatic heterocycles. The van der Waals surface area contributed by atoms with Crippen molar-refractivity contribution in [1.82, 2.24) is 9.88 Å². The number of amides is 1. The highest BCUT2D eigenvalue weighted by molar-refractivity contribution is 5.94. The van der Waals surface area contributed by atoms with Gasteiger partial charge in [0, 0.05) is 31.3 Å². The van der Waals surface area contributed by atoms with Gasteiger partial charge in [0.15, 0.2) is 0 Å². The molecule has 1 aliphatic heterocycles. The monoisotopic (exact) mass is 236 g/mol. The molecule has 92 valence electrons. The van der Waals surface area contributed by atoms with Gasteiger partial charge in [-0.1, -0.05) is 6.92 Å². The van der Waals surface area contributed by atoms with E-state index in [4.69, 9.17) is 0 Å². The van der Waals surface area contributed by atoms with Gasteiger partial charge in [-0.05, 0) is 13.0 Å². The molecular formula is C12H16N2O3. The van der Waals surface area contributed by atoms with Crippen molar-refractivity contribution in [3.05, 3.63) is 34.2 Å². The maximum Gasteiger partial charge on any atom is 0.255 e. The van der Waals surface area contributed by atoms with Crippen LogP contribution in [0.2, 0.25) is 0 Å². The fourth-order valence-corrected chi connectivity index (χ4v) is 2.01. The zero-order valence-corrected chi connectivity index (χ0v) is 9.93. The minimum absolute atomic E-state index is 0.0502. The van der Waals surface area contributed by atoms with Crippen LogP contribution in [-0.2, 0) is 0 Å². The van der Waals surface area contributed by atoms with Crippen LogP contribution in [0.25, 0.3) is 0 Å². The lowest BCUT2D eigenvalue weighted by molar-refractivity contribution is 0.0351. The molecule has 0 aliphatic carbocycles. The molecule has 0 spiro atoms. The Balaban J connectivity index is 2.17. The second-order valence-electron chi connectivity index (χ2n) is 4.89. The molecule has 1 saturated heterocycles. The quantitative estimate of drug-likeness (QED) is 0.732. The minimum atomic E-state index is -0.835. The number of aliphatic hydroxyl groups is 1. The van der Waals surface area contributed by atoms with Crippen molar-refractivity contribution < 1.29 is 9.90 Å². The third-order valence-electron chi connectivity index (χ3n) is 3.39. The van der Waals surface area contributed by atoms with E-state index in [1.807, 2.05) is 6.92 Å². The summed E-state index contributed by atoms with van der Waals surface area (Å²) in [4.78, 5) is 27.1. The summed E-state index contributed by atoms with van der Waals surface area (Å²) in [6, 6.07) is 2.82. The Morgan fingerprint density at radius 2 is 2.29 bits per heavy atom. The third kappa shape index (κ3) is 2.24. The van der Waals surface area contributed by atoms with Gasteiger partial charge in [0.05, 0.1) is 11.2 Å². The van der Waals surface area contributed by atoms with Gasteiger partial charge >= 0.3 is 0 Å². The molecule has 2 N–H and O–H groups in total. The third-order valence-corrected chi connectivity index (χ3v) is 3.39. The summed E-state index contributed by atoms with van der Waals surface area (Å²) in [6.45, 7) is 4.51. The Hall–Kier alpha value is -1.62. The normalized spacial score (nSPS) is 28.4. The van der Waals surface area contributed by atoms with Crippen molar-refractivity contribution in [1.29, 1.82) is 0 Å². The van der Waals surface area contributed by atoms with Gasteiger partial charge < -0.3 is 15.0 Å². The molecule has 5 heteroatoms. The molecule has 1 aromatic rings. The van der Waals surface area contributed by atoms with Gasteiger partial charge in [0.2, 0.25) is 5.56 Å². The molecule has 0 saturated carbocycles. The Morgan fingerprint density at radius 3 is 2.76 bits per heavy atom. The van der Waals surface area contributed by atoms with Gasteiger partial charge in [-0.2, -0.15) is 0 Å². The second-order valence-corrected chi connectivity index (χ2v) is 4.89. The van der Waals surface area contributed by atoms with Crippen molar-refractivity contribution in [2.45, 2.75) is 19.4 Å². The van der Waals surface area contributed by atoms with E-state index in [0.717, 1.165) is 0 Å². The molecule has 1 amide bonds. The van der Waals surface area contributed by atoms with Crippen LogP contribution in [0.4, 0.5) is 0 Å². The highest BCUT2D eigenvalue weighted by Gasteiger charge is 2.40. The van der Waals surface area contributed by atoms with Gasteiger partial charge in [0.1, 0.15) is 0 Å². The number of hydrogen-bond acceptors (Lipinski definition) is 3. The van der Waals surface area contributed by atoms with Crippen molar-refractivity contribution in [3.8, 4) is 0 Å². The average Bonchev–Trinajstić information content (AvgIpc) is 2.54. The predicted molar refractivity (Wildman–Crippen MR) is 62.8 cm³/mol. The summed E-state index contributed by atoms with van der Waals surface area (Å²) in [7, 11) is 0. The van der Waals surface area contributed by atoms with E-state index in [1.54, 1.807) is 11.8 Å². The van der Waals surface area contributed by atoms with E-state index < -0.39 is 5.60 Å². The maximum atomic E-state index is 12.1. The van der Waals surface area contributed by atoms with Crippen molar-refractivity contribution in [3.63, 3.8) is 0 Å². The van der Waals surface area contributed by atoms with E-state index in [9.17, 15) is 14.7 Å². The van der Waals surface area contributed by atoms with Crippen LogP contribution in [0.5, 0.6) is 0 Å². The number of carbonyl (C=O) groups is 1. The van der Waals surface area contributed by atoms with E-state index in [0.29, 0.717) is 18.7 Å². The highest BCUT2D eigenvalue weighted by atomic mass is 16.3. The zero-order valence-electron chi connectivity index (χ0n) is 9.93. The van der Waals surface area contributed by atoms with Gasteiger partial charge in [-0.15, -0.1) is 0 Å². The Kier molecular flexibility index (Phi) is 2.79. The number of likely N-dealkylation sites (tertiary alicyclic amines) is 1. The molecule has 1 aliphatic rings. The number of rotatable bonds is 1. The van der Waals surface area contributed by atoms with E-state index in [1.165, 1.54) is 18.3 Å². The summed E-state index contributed by atoms with van der Waals surface area (Å²) in [5, 5.41) is 10.0. The van der Waals surface area contributed by atoms with Crippen LogP contribution in [0.3, 0.4) is 0 Å². The number of nitrogens with one attached hydrogen (secondary N) is 1. The number of nitrogens with zero attached hydrogens (tertiary/aromatic N) is 1. The molecule has 2 atom stereocenters. The number of aromatic amines is 1. The van der Waals surface area contributed by atoms with Crippen molar-refractivity contribution in [2.24, 2.45) is 5.92 Å². The zero-order chi connectivity index (χ0) is 12.6. The van der Waals surface area contributed by atoms with E-state index >= 15 is 0 Å². The lowest BCUT2D eigenvalue weighted by Crippen LogP contribution is -2.35. The average molecular weight is 236 g/mol. The standard InChI is InChI=1S/C12H16N2O3/c1-8-6-14(7-12(8,2)17)11(16)9-3-4-10(15)13-5-9/h3-5,8,17H,6-7H2,1-2H3,(H,13,15)/t8-,12+/m1/s1. The number of aromatic nitrogens is 1. The molecule has 17 heavy (non-hydrogen) atoms. The summed E-state index contributed by atoms with van der Waals surface area (Å²) in [5.74, 6) is -0.111. The number of carbonyl (C=O) groups excluding carboxylic acids is 1. The van der Waals surface area contributed by atoms with Crippen LogP contribution >= 0.6 is 0 Å². The van der Waals surface area contributed by atoms with Crippen LogP contribution in [-0.4, -0.2) is 39.6 Å². The number of β-amino-alcohol motifs (C(OH)–C–C–N with tert-alkyl or cyclic N) is 1. The second kappa shape index (κ2) is 4.00. The summed E-state index contributed by atoms with van der Waals surface area (Å²) >= 11 is 0. The van der Waals surface area contributed by atoms with Crippen LogP contribution in [0.1, 0.15) is 24.2 Å². The van der Waals surface area contributed by atoms with Gasteiger partial charge in [0.25, 0.3) is 5.91 Å².